The fourth-order valence-electron chi connectivity index (χ4n) is 1.58. The summed E-state index contributed by atoms with van der Waals surface area (Å²) in [5, 5.41) is 38.7. The molecular weight excluding hydrogens is 176 g/mol. The SMILES string of the molecule is CC(O)C1C(O)C(O)c2nnnn21. The Morgan fingerprint density at radius 3 is 2.77 bits per heavy atom. The molecule has 0 saturated heterocycles. The van der Waals surface area contributed by atoms with Gasteiger partial charge >= 0.3 is 0 Å². The number of aromatic nitrogens is 4. The summed E-state index contributed by atoms with van der Waals surface area (Å²) >= 11 is 0. The van der Waals surface area contributed by atoms with Crippen LogP contribution in [-0.2, 0) is 0 Å². The Hall–Kier alpha value is -1.05. The van der Waals surface area contributed by atoms with Gasteiger partial charge in [-0.3, -0.25) is 0 Å². The van der Waals surface area contributed by atoms with Gasteiger partial charge in [0.25, 0.3) is 0 Å². The molecule has 0 aromatic carbocycles. The largest absolute Gasteiger partial charge is 0.391 e. The summed E-state index contributed by atoms with van der Waals surface area (Å²) in [6, 6.07) is -0.667. The normalized spacial score (nSPS) is 34.6. The van der Waals surface area contributed by atoms with Crippen LogP contribution in [-0.4, -0.2) is 47.7 Å². The molecule has 0 radical (unpaired) electrons. The van der Waals surface area contributed by atoms with E-state index in [1.165, 1.54) is 11.6 Å². The van der Waals surface area contributed by atoms with Crippen molar-refractivity contribution >= 4 is 0 Å². The third kappa shape index (κ3) is 1.05. The van der Waals surface area contributed by atoms with Gasteiger partial charge in [0.2, 0.25) is 0 Å². The van der Waals surface area contributed by atoms with E-state index in [-0.39, 0.29) is 5.82 Å². The predicted octanol–water partition coefficient (Wildman–Crippen LogP) is -2.00. The van der Waals surface area contributed by atoms with Crippen LogP contribution in [0, 0.1) is 0 Å². The van der Waals surface area contributed by atoms with E-state index in [1.54, 1.807) is 0 Å². The van der Waals surface area contributed by atoms with E-state index in [0.29, 0.717) is 0 Å². The molecule has 1 aliphatic heterocycles. The van der Waals surface area contributed by atoms with Gasteiger partial charge in [0.1, 0.15) is 18.2 Å². The van der Waals surface area contributed by atoms with E-state index < -0.39 is 24.4 Å². The van der Waals surface area contributed by atoms with Crippen LogP contribution in [0.3, 0.4) is 0 Å². The summed E-state index contributed by atoms with van der Waals surface area (Å²) in [5.74, 6) is 0.193. The number of rotatable bonds is 1. The van der Waals surface area contributed by atoms with Gasteiger partial charge in [-0.2, -0.15) is 0 Å². The molecule has 0 saturated carbocycles. The highest BCUT2D eigenvalue weighted by atomic mass is 16.3. The molecule has 7 heteroatoms. The maximum atomic E-state index is 9.50. The monoisotopic (exact) mass is 186 g/mol. The number of nitrogens with zero attached hydrogens (tertiary/aromatic N) is 4. The van der Waals surface area contributed by atoms with Crippen LogP contribution in [0.5, 0.6) is 0 Å². The van der Waals surface area contributed by atoms with E-state index in [2.05, 4.69) is 15.5 Å². The van der Waals surface area contributed by atoms with Crippen LogP contribution >= 0.6 is 0 Å². The van der Waals surface area contributed by atoms with Crippen LogP contribution in [0.1, 0.15) is 24.9 Å². The van der Waals surface area contributed by atoms with Gasteiger partial charge in [0.15, 0.2) is 5.82 Å². The first kappa shape index (κ1) is 8.54. The fourth-order valence-corrected chi connectivity index (χ4v) is 1.58. The lowest BCUT2D eigenvalue weighted by atomic mass is 10.1. The standard InChI is InChI=1S/C6H10N4O3/c1-2(11)3-4(12)5(13)6-7-8-9-10(3)6/h2-5,11-13H,1H3. The summed E-state index contributed by atoms with van der Waals surface area (Å²) in [6.45, 7) is 1.51. The van der Waals surface area contributed by atoms with Gasteiger partial charge in [-0.25, -0.2) is 4.68 Å². The van der Waals surface area contributed by atoms with Crippen molar-refractivity contribution in [2.45, 2.75) is 31.3 Å². The third-order valence-electron chi connectivity index (χ3n) is 2.23. The second kappa shape index (κ2) is 2.72. The minimum Gasteiger partial charge on any atom is -0.391 e. The summed E-state index contributed by atoms with van der Waals surface area (Å²) < 4.78 is 1.25. The molecule has 1 aromatic rings. The highest BCUT2D eigenvalue weighted by Gasteiger charge is 2.43. The van der Waals surface area contributed by atoms with Crippen molar-refractivity contribution in [3.8, 4) is 0 Å². The molecule has 4 unspecified atom stereocenters. The molecule has 1 aromatic heterocycles. The van der Waals surface area contributed by atoms with E-state index in [4.69, 9.17) is 0 Å². The van der Waals surface area contributed by atoms with Crippen LogP contribution in [0.4, 0.5) is 0 Å². The summed E-state index contributed by atoms with van der Waals surface area (Å²) in [7, 11) is 0. The van der Waals surface area contributed by atoms with Crippen molar-refractivity contribution in [3.63, 3.8) is 0 Å². The average molecular weight is 186 g/mol. The second-order valence-electron chi connectivity index (χ2n) is 3.15. The number of tetrazole rings is 1. The van der Waals surface area contributed by atoms with Gasteiger partial charge in [-0.1, -0.05) is 0 Å². The Morgan fingerprint density at radius 2 is 2.15 bits per heavy atom. The summed E-state index contributed by atoms with van der Waals surface area (Å²) in [5.41, 5.74) is 0. The van der Waals surface area contributed by atoms with Crippen molar-refractivity contribution < 1.29 is 15.3 Å². The van der Waals surface area contributed by atoms with Crippen LogP contribution in [0.25, 0.3) is 0 Å². The van der Waals surface area contributed by atoms with E-state index in [1.807, 2.05) is 0 Å². The zero-order valence-electron chi connectivity index (χ0n) is 6.94. The molecule has 72 valence electrons. The molecule has 2 heterocycles. The maximum absolute atomic E-state index is 9.50. The van der Waals surface area contributed by atoms with E-state index in [0.717, 1.165) is 0 Å². The topological polar surface area (TPSA) is 104 Å². The first-order chi connectivity index (χ1) is 6.13. The number of hydrogen-bond donors (Lipinski definition) is 3. The van der Waals surface area contributed by atoms with Crippen molar-refractivity contribution in [3.05, 3.63) is 5.82 Å². The summed E-state index contributed by atoms with van der Waals surface area (Å²) in [4.78, 5) is 0. The Bertz CT molecular complexity index is 313. The predicted molar refractivity (Wildman–Crippen MR) is 39.5 cm³/mol. The molecule has 1 aliphatic rings. The molecule has 0 aliphatic carbocycles. The molecule has 0 fully saturated rings. The Morgan fingerprint density at radius 1 is 1.46 bits per heavy atom. The van der Waals surface area contributed by atoms with Gasteiger partial charge in [-0.15, -0.1) is 5.10 Å². The van der Waals surface area contributed by atoms with Crippen LogP contribution in [0.2, 0.25) is 0 Å². The van der Waals surface area contributed by atoms with Gasteiger partial charge in [0.05, 0.1) is 6.10 Å². The molecule has 0 spiro atoms. The molecule has 2 rings (SSSR count). The van der Waals surface area contributed by atoms with Crippen LogP contribution in [0.15, 0.2) is 0 Å². The number of hydrogen-bond acceptors (Lipinski definition) is 6. The highest BCUT2D eigenvalue weighted by molar-refractivity contribution is 5.05. The second-order valence-corrected chi connectivity index (χ2v) is 3.15. The van der Waals surface area contributed by atoms with Gasteiger partial charge < -0.3 is 15.3 Å². The lowest BCUT2D eigenvalue weighted by molar-refractivity contribution is -0.0247. The Kier molecular flexibility index (Phi) is 1.79. The minimum atomic E-state index is -1.12. The molecular formula is C6H10N4O3. The summed E-state index contributed by atoms with van der Waals surface area (Å²) in [6.07, 6.45) is -3.00. The zero-order valence-corrected chi connectivity index (χ0v) is 6.94. The smallest absolute Gasteiger partial charge is 0.183 e. The molecule has 4 atom stereocenters. The first-order valence-electron chi connectivity index (χ1n) is 3.95. The van der Waals surface area contributed by atoms with Crippen molar-refractivity contribution in [2.24, 2.45) is 0 Å². The molecule has 7 nitrogen and oxygen atoms in total. The Balaban J connectivity index is 2.42. The van der Waals surface area contributed by atoms with Crippen molar-refractivity contribution in [1.29, 1.82) is 0 Å². The van der Waals surface area contributed by atoms with Crippen molar-refractivity contribution in [1.82, 2.24) is 20.2 Å². The van der Waals surface area contributed by atoms with Crippen LogP contribution < -0.4 is 0 Å². The van der Waals surface area contributed by atoms with Crippen molar-refractivity contribution in [2.75, 3.05) is 0 Å². The fraction of sp³-hybridized carbons (Fsp3) is 0.833. The number of aliphatic hydroxyl groups is 3. The maximum Gasteiger partial charge on any atom is 0.183 e. The number of fused-ring (bicyclic) bond motifs is 1. The molecule has 13 heavy (non-hydrogen) atoms. The van der Waals surface area contributed by atoms with E-state index in [9.17, 15) is 15.3 Å². The molecule has 3 N–H and O–H groups in total. The molecule has 0 bridgehead atoms. The van der Waals surface area contributed by atoms with Gasteiger partial charge in [0, 0.05) is 0 Å². The molecule has 0 amide bonds. The zero-order chi connectivity index (χ0) is 9.59. The number of aliphatic hydroxyl groups excluding tert-OH is 3. The lowest BCUT2D eigenvalue weighted by Crippen LogP contribution is -2.30. The van der Waals surface area contributed by atoms with Gasteiger partial charge in [-0.05, 0) is 17.4 Å². The minimum absolute atomic E-state index is 0.193. The lowest BCUT2D eigenvalue weighted by Gasteiger charge is -2.18. The quantitative estimate of drug-likeness (QED) is 0.468. The third-order valence-corrected chi connectivity index (χ3v) is 2.23. The first-order valence-corrected chi connectivity index (χ1v) is 3.95. The Labute approximate surface area is 73.6 Å². The van der Waals surface area contributed by atoms with E-state index >= 15 is 0 Å². The highest BCUT2D eigenvalue weighted by Crippen LogP contribution is 2.33. The average Bonchev–Trinajstić information content (AvgIpc) is 2.57.